The Bertz CT molecular complexity index is 1250. The Morgan fingerprint density at radius 1 is 0.919 bits per heavy atom. The highest BCUT2D eigenvalue weighted by atomic mass is 16.2. The van der Waals surface area contributed by atoms with E-state index in [1.807, 2.05) is 97.9 Å². The van der Waals surface area contributed by atoms with Gasteiger partial charge in [0.15, 0.2) is 0 Å². The lowest BCUT2D eigenvalue weighted by molar-refractivity contribution is -0.189. The third kappa shape index (κ3) is 4.80. The molecule has 2 fully saturated rings. The summed E-state index contributed by atoms with van der Waals surface area (Å²) in [5, 5.41) is 6.22. The number of benzene rings is 3. The lowest BCUT2D eigenvalue weighted by Crippen LogP contribution is -2.73. The Kier molecular flexibility index (Phi) is 6.92. The van der Waals surface area contributed by atoms with E-state index in [4.69, 9.17) is 0 Å². The molecule has 0 aliphatic carbocycles. The molecule has 8 heteroatoms. The zero-order valence-corrected chi connectivity index (χ0v) is 21.0. The first-order valence-electron chi connectivity index (χ1n) is 12.5. The Labute approximate surface area is 217 Å². The summed E-state index contributed by atoms with van der Waals surface area (Å²) in [6.45, 7) is 2.54. The molecule has 0 aromatic heterocycles. The average molecular weight is 498 g/mol. The molecule has 37 heavy (non-hydrogen) atoms. The number of amides is 4. The molecule has 0 saturated carbocycles. The van der Waals surface area contributed by atoms with Gasteiger partial charge in [0.05, 0.1) is 19.1 Å². The lowest BCUT2D eigenvalue weighted by atomic mass is 9.96. The van der Waals surface area contributed by atoms with Crippen LogP contribution >= 0.6 is 0 Å². The van der Waals surface area contributed by atoms with E-state index in [9.17, 15) is 14.4 Å². The summed E-state index contributed by atoms with van der Waals surface area (Å²) < 4.78 is 0. The van der Waals surface area contributed by atoms with Crippen LogP contribution in [0.4, 0.5) is 4.79 Å². The number of likely N-dealkylation sites (N-methyl/N-ethyl adjacent to an activating group) is 1. The quantitative estimate of drug-likeness (QED) is 0.585. The van der Waals surface area contributed by atoms with Crippen LogP contribution in [0.15, 0.2) is 91.0 Å². The van der Waals surface area contributed by atoms with Crippen molar-refractivity contribution in [2.45, 2.75) is 31.7 Å². The van der Waals surface area contributed by atoms with Crippen LogP contribution in [0.5, 0.6) is 0 Å². The molecule has 2 aliphatic rings. The van der Waals surface area contributed by atoms with E-state index in [-0.39, 0.29) is 37.0 Å². The molecule has 0 spiro atoms. The van der Waals surface area contributed by atoms with Crippen molar-refractivity contribution < 1.29 is 14.4 Å². The van der Waals surface area contributed by atoms with Gasteiger partial charge in [0.2, 0.25) is 5.91 Å². The van der Waals surface area contributed by atoms with Gasteiger partial charge < -0.3 is 15.1 Å². The second-order valence-electron chi connectivity index (χ2n) is 9.48. The largest absolute Gasteiger partial charge is 0.334 e. The molecule has 0 bridgehead atoms. The number of hydrazine groups is 1. The molecule has 3 atom stereocenters. The predicted molar refractivity (Wildman–Crippen MR) is 140 cm³/mol. The number of carbonyl (C=O) groups excluding carboxylic acids is 3. The summed E-state index contributed by atoms with van der Waals surface area (Å²) >= 11 is 0. The van der Waals surface area contributed by atoms with E-state index in [1.54, 1.807) is 26.9 Å². The number of nitrogens with zero attached hydrogens (tertiary/aromatic N) is 4. The van der Waals surface area contributed by atoms with Gasteiger partial charge in [0, 0.05) is 13.6 Å². The fraction of sp³-hybridized carbons (Fsp3) is 0.276. The first kappa shape index (κ1) is 24.5. The molecule has 2 aliphatic heterocycles. The molecule has 2 saturated heterocycles. The average Bonchev–Trinajstić information content (AvgIpc) is 2.93. The van der Waals surface area contributed by atoms with E-state index < -0.39 is 12.2 Å². The van der Waals surface area contributed by atoms with Crippen LogP contribution in [0, 0.1) is 0 Å². The molecule has 5 rings (SSSR count). The van der Waals surface area contributed by atoms with Crippen molar-refractivity contribution in [3.63, 3.8) is 0 Å². The first-order chi connectivity index (χ1) is 18.0. The molecular weight excluding hydrogens is 466 g/mol. The molecule has 0 radical (unpaired) electrons. The monoisotopic (exact) mass is 497 g/mol. The normalized spacial score (nSPS) is 21.0. The molecule has 3 aromatic carbocycles. The number of rotatable bonds is 5. The molecule has 2 heterocycles. The first-order valence-corrected chi connectivity index (χ1v) is 12.5. The van der Waals surface area contributed by atoms with Gasteiger partial charge in [-0.05, 0) is 23.6 Å². The summed E-state index contributed by atoms with van der Waals surface area (Å²) in [6.07, 6.45) is -0.656. The number of hydrogen-bond donors (Lipinski definition) is 1. The summed E-state index contributed by atoms with van der Waals surface area (Å²) in [7, 11) is 1.73. The Balaban J connectivity index is 1.51. The third-order valence-electron chi connectivity index (χ3n) is 7.14. The van der Waals surface area contributed by atoms with Crippen LogP contribution < -0.4 is 5.32 Å². The Hall–Kier alpha value is -4.17. The van der Waals surface area contributed by atoms with Crippen LogP contribution in [0.2, 0.25) is 0 Å². The summed E-state index contributed by atoms with van der Waals surface area (Å²) in [4.78, 5) is 44.4. The molecular formula is C29H31N5O3. The van der Waals surface area contributed by atoms with Gasteiger partial charge in [-0.1, -0.05) is 91.0 Å². The number of fused-ring (bicyclic) bond motifs is 1. The van der Waals surface area contributed by atoms with Gasteiger partial charge in [-0.25, -0.2) is 14.8 Å². The molecule has 3 unspecified atom stereocenters. The maximum atomic E-state index is 14.0. The van der Waals surface area contributed by atoms with E-state index in [0.717, 1.165) is 16.7 Å². The minimum atomic E-state index is -0.822. The van der Waals surface area contributed by atoms with Crippen molar-refractivity contribution in [3.05, 3.63) is 108 Å². The molecule has 3 aromatic rings. The zero-order valence-electron chi connectivity index (χ0n) is 21.0. The van der Waals surface area contributed by atoms with E-state index in [0.29, 0.717) is 6.54 Å². The minimum absolute atomic E-state index is 0.000109. The SMILES string of the molecule is CC(c1ccccc1)N1CC2N(C(=O)CN(C)N2C(=O)NCc2ccccc2)C(c2ccccc2)C1=O. The van der Waals surface area contributed by atoms with Crippen molar-refractivity contribution in [1.82, 2.24) is 25.1 Å². The van der Waals surface area contributed by atoms with Gasteiger partial charge in [-0.3, -0.25) is 9.59 Å². The highest BCUT2D eigenvalue weighted by Crippen LogP contribution is 2.37. The van der Waals surface area contributed by atoms with Gasteiger partial charge in [0.25, 0.3) is 5.91 Å². The number of carbonyl (C=O) groups is 3. The molecule has 190 valence electrons. The van der Waals surface area contributed by atoms with Gasteiger partial charge >= 0.3 is 6.03 Å². The highest BCUT2D eigenvalue weighted by molar-refractivity contribution is 5.92. The maximum absolute atomic E-state index is 14.0. The fourth-order valence-electron chi connectivity index (χ4n) is 5.23. The van der Waals surface area contributed by atoms with Crippen molar-refractivity contribution in [2.24, 2.45) is 0 Å². The maximum Gasteiger partial charge on any atom is 0.334 e. The number of nitrogens with one attached hydrogen (secondary N) is 1. The summed E-state index contributed by atoms with van der Waals surface area (Å²) in [5.41, 5.74) is 2.69. The van der Waals surface area contributed by atoms with Crippen molar-refractivity contribution in [2.75, 3.05) is 20.1 Å². The van der Waals surface area contributed by atoms with Gasteiger partial charge in [-0.2, -0.15) is 0 Å². The topological polar surface area (TPSA) is 76.2 Å². The van der Waals surface area contributed by atoms with Crippen molar-refractivity contribution in [1.29, 1.82) is 0 Å². The number of hydrogen-bond acceptors (Lipinski definition) is 4. The second-order valence-corrected chi connectivity index (χ2v) is 9.48. The zero-order chi connectivity index (χ0) is 25.9. The van der Waals surface area contributed by atoms with Crippen LogP contribution in [0.3, 0.4) is 0 Å². The number of piperazine rings is 1. The van der Waals surface area contributed by atoms with Crippen LogP contribution in [-0.2, 0) is 16.1 Å². The van der Waals surface area contributed by atoms with Gasteiger partial charge in [-0.15, -0.1) is 0 Å². The Morgan fingerprint density at radius 3 is 2.16 bits per heavy atom. The molecule has 4 amide bonds. The summed E-state index contributed by atoms with van der Waals surface area (Å²) in [6, 6.07) is 27.4. The fourth-order valence-corrected chi connectivity index (χ4v) is 5.23. The van der Waals surface area contributed by atoms with E-state index in [1.165, 1.54) is 0 Å². The van der Waals surface area contributed by atoms with Crippen LogP contribution in [-0.4, -0.2) is 64.0 Å². The standard InChI is InChI=1S/C29H31N5O3/c1-21(23-14-8-4-9-15-23)32-19-25-33(27(28(32)36)24-16-10-5-11-17-24)26(35)20-31(2)34(25)29(37)30-18-22-12-6-3-7-13-22/h3-17,21,25,27H,18-20H2,1-2H3,(H,30,37). The highest BCUT2D eigenvalue weighted by Gasteiger charge is 2.52. The Morgan fingerprint density at radius 2 is 1.51 bits per heavy atom. The van der Waals surface area contributed by atoms with Crippen molar-refractivity contribution >= 4 is 17.8 Å². The van der Waals surface area contributed by atoms with E-state index >= 15 is 0 Å². The minimum Gasteiger partial charge on any atom is -0.333 e. The van der Waals surface area contributed by atoms with Crippen molar-refractivity contribution in [3.8, 4) is 0 Å². The molecule has 1 N–H and O–H groups in total. The van der Waals surface area contributed by atoms with Crippen LogP contribution in [0.25, 0.3) is 0 Å². The lowest BCUT2D eigenvalue weighted by Gasteiger charge is -2.55. The number of urea groups is 1. The van der Waals surface area contributed by atoms with Gasteiger partial charge in [0.1, 0.15) is 12.2 Å². The van der Waals surface area contributed by atoms with Crippen LogP contribution in [0.1, 0.15) is 35.7 Å². The third-order valence-corrected chi connectivity index (χ3v) is 7.14. The summed E-state index contributed by atoms with van der Waals surface area (Å²) in [5.74, 6) is -0.338. The van der Waals surface area contributed by atoms with E-state index in [2.05, 4.69) is 5.32 Å². The predicted octanol–water partition coefficient (Wildman–Crippen LogP) is 3.56. The smallest absolute Gasteiger partial charge is 0.333 e. The molecule has 8 nitrogen and oxygen atoms in total. The second kappa shape index (κ2) is 10.4.